The first kappa shape index (κ1) is 18.5. The van der Waals surface area contributed by atoms with E-state index in [1.807, 2.05) is 0 Å². The molecule has 3 N–H and O–H groups in total. The Labute approximate surface area is 144 Å². The lowest BCUT2D eigenvalue weighted by Crippen LogP contribution is -2.32. The number of hydrogen-bond acceptors (Lipinski definition) is 3. The molecule has 1 saturated heterocycles. The Morgan fingerprint density at radius 2 is 1.67 bits per heavy atom. The lowest BCUT2D eigenvalue weighted by Gasteiger charge is -2.18. The normalized spacial score (nSPS) is 17.5. The van der Waals surface area contributed by atoms with E-state index in [0.717, 1.165) is 19.5 Å². The average molecular weight is 331 g/mol. The number of amides is 2. The summed E-state index contributed by atoms with van der Waals surface area (Å²) in [5.74, 6) is 0.479. The molecule has 1 heterocycles. The second kappa shape index (κ2) is 8.29. The van der Waals surface area contributed by atoms with E-state index in [4.69, 9.17) is 0 Å². The van der Waals surface area contributed by atoms with E-state index >= 15 is 0 Å². The van der Waals surface area contributed by atoms with Gasteiger partial charge >= 0.3 is 0 Å². The van der Waals surface area contributed by atoms with E-state index in [9.17, 15) is 9.59 Å². The molecule has 0 aliphatic carbocycles. The molecular formula is C19H29N3O2. The average Bonchev–Trinajstić information content (AvgIpc) is 3.05. The summed E-state index contributed by atoms with van der Waals surface area (Å²) < 4.78 is 0. The fourth-order valence-electron chi connectivity index (χ4n) is 2.67. The molecule has 1 unspecified atom stereocenters. The summed E-state index contributed by atoms with van der Waals surface area (Å²) in [6.07, 6.45) is 2.19. The van der Waals surface area contributed by atoms with Crippen LogP contribution in [0.5, 0.6) is 0 Å². The second-order valence-electron chi connectivity index (χ2n) is 7.72. The Kier molecular flexibility index (Phi) is 6.37. The highest BCUT2D eigenvalue weighted by molar-refractivity contribution is 5.97. The zero-order valence-electron chi connectivity index (χ0n) is 14.9. The van der Waals surface area contributed by atoms with Crippen molar-refractivity contribution in [3.8, 4) is 0 Å². The van der Waals surface area contributed by atoms with Crippen LogP contribution in [0.15, 0.2) is 24.3 Å². The highest BCUT2D eigenvalue weighted by atomic mass is 16.2. The molecule has 1 aliphatic heterocycles. The number of carbonyl (C=O) groups excluding carboxylic acids is 2. The predicted octanol–water partition coefficient (Wildman–Crippen LogP) is 2.19. The molecule has 1 aliphatic rings. The lowest BCUT2D eigenvalue weighted by molar-refractivity contribution is 0.0932. The molecule has 0 aromatic heterocycles. The molecular weight excluding hydrogens is 302 g/mol. The number of nitrogens with one attached hydrogen (secondary N) is 3. The highest BCUT2D eigenvalue weighted by Gasteiger charge is 2.15. The molecule has 1 fully saturated rings. The molecule has 1 aromatic carbocycles. The van der Waals surface area contributed by atoms with Crippen molar-refractivity contribution in [2.45, 2.75) is 33.6 Å². The van der Waals surface area contributed by atoms with Gasteiger partial charge in [0.25, 0.3) is 11.8 Å². The van der Waals surface area contributed by atoms with Gasteiger partial charge in [0.05, 0.1) is 0 Å². The maximum Gasteiger partial charge on any atom is 0.251 e. The van der Waals surface area contributed by atoms with E-state index in [-0.39, 0.29) is 17.2 Å². The topological polar surface area (TPSA) is 70.2 Å². The van der Waals surface area contributed by atoms with E-state index in [2.05, 4.69) is 36.7 Å². The smallest absolute Gasteiger partial charge is 0.251 e. The van der Waals surface area contributed by atoms with Crippen LogP contribution < -0.4 is 16.0 Å². The van der Waals surface area contributed by atoms with Crippen molar-refractivity contribution in [3.63, 3.8) is 0 Å². The second-order valence-corrected chi connectivity index (χ2v) is 7.72. The van der Waals surface area contributed by atoms with Gasteiger partial charge in [-0.05, 0) is 61.5 Å². The Hall–Kier alpha value is -1.88. The summed E-state index contributed by atoms with van der Waals surface area (Å²) in [5.41, 5.74) is 1.21. The summed E-state index contributed by atoms with van der Waals surface area (Å²) in [7, 11) is 0. The molecule has 0 saturated carbocycles. The van der Waals surface area contributed by atoms with E-state index in [1.54, 1.807) is 24.3 Å². The summed E-state index contributed by atoms with van der Waals surface area (Å²) in [6.45, 7) is 9.65. The summed E-state index contributed by atoms with van der Waals surface area (Å²) >= 11 is 0. The van der Waals surface area contributed by atoms with Gasteiger partial charge in [0.2, 0.25) is 0 Å². The van der Waals surface area contributed by atoms with Crippen molar-refractivity contribution >= 4 is 11.8 Å². The van der Waals surface area contributed by atoms with Crippen molar-refractivity contribution < 1.29 is 9.59 Å². The van der Waals surface area contributed by atoms with Gasteiger partial charge in [-0.15, -0.1) is 0 Å². The molecule has 0 spiro atoms. The van der Waals surface area contributed by atoms with Crippen LogP contribution in [-0.4, -0.2) is 38.0 Å². The van der Waals surface area contributed by atoms with Gasteiger partial charge in [-0.25, -0.2) is 0 Å². The molecule has 1 atom stereocenters. The zero-order valence-corrected chi connectivity index (χ0v) is 14.9. The third kappa shape index (κ3) is 5.96. The molecule has 2 rings (SSSR count). The Morgan fingerprint density at radius 3 is 2.17 bits per heavy atom. The van der Waals surface area contributed by atoms with E-state index < -0.39 is 0 Å². The number of carbonyl (C=O) groups is 2. The maximum atomic E-state index is 12.1. The van der Waals surface area contributed by atoms with Gasteiger partial charge in [0.15, 0.2) is 0 Å². The van der Waals surface area contributed by atoms with Crippen LogP contribution in [0, 0.1) is 11.3 Å². The minimum atomic E-state index is -0.106. The van der Waals surface area contributed by atoms with Gasteiger partial charge < -0.3 is 16.0 Å². The van der Waals surface area contributed by atoms with Gasteiger partial charge in [-0.1, -0.05) is 20.8 Å². The van der Waals surface area contributed by atoms with Crippen LogP contribution in [0.2, 0.25) is 0 Å². The Balaban J connectivity index is 1.79. The minimum Gasteiger partial charge on any atom is -0.352 e. The molecule has 5 nitrogen and oxygen atoms in total. The summed E-state index contributed by atoms with van der Waals surface area (Å²) in [4.78, 5) is 24.2. The van der Waals surface area contributed by atoms with Gasteiger partial charge in [0.1, 0.15) is 0 Å². The van der Waals surface area contributed by atoms with Crippen molar-refractivity contribution in [1.29, 1.82) is 0 Å². The van der Waals surface area contributed by atoms with E-state index in [1.165, 1.54) is 6.42 Å². The quantitative estimate of drug-likeness (QED) is 0.748. The molecule has 0 bridgehead atoms. The van der Waals surface area contributed by atoms with Crippen molar-refractivity contribution in [2.75, 3.05) is 26.2 Å². The SMILES string of the molecule is CC(C)(C)CNC(=O)c1ccc(C(=O)NCCC2CCNC2)cc1. The standard InChI is InChI=1S/C19H29N3O2/c1-19(2,3)13-22-18(24)16-6-4-15(5-7-16)17(23)21-11-9-14-8-10-20-12-14/h4-7,14,20H,8-13H2,1-3H3,(H,21,23)(H,22,24). The molecule has 2 amide bonds. The van der Waals surface area contributed by atoms with Crippen LogP contribution >= 0.6 is 0 Å². The van der Waals surface area contributed by atoms with E-state index in [0.29, 0.717) is 30.1 Å². The van der Waals surface area contributed by atoms with Crippen LogP contribution in [-0.2, 0) is 0 Å². The first-order valence-electron chi connectivity index (χ1n) is 8.72. The third-order valence-corrected chi connectivity index (χ3v) is 4.19. The molecule has 132 valence electrons. The largest absolute Gasteiger partial charge is 0.352 e. The fraction of sp³-hybridized carbons (Fsp3) is 0.579. The Bertz CT molecular complexity index is 555. The van der Waals surface area contributed by atoms with Gasteiger partial charge in [-0.3, -0.25) is 9.59 Å². The first-order chi connectivity index (χ1) is 11.3. The van der Waals surface area contributed by atoms with Gasteiger partial charge in [0, 0.05) is 24.2 Å². The van der Waals surface area contributed by atoms with Crippen LogP contribution in [0.4, 0.5) is 0 Å². The number of hydrogen-bond donors (Lipinski definition) is 3. The molecule has 24 heavy (non-hydrogen) atoms. The highest BCUT2D eigenvalue weighted by Crippen LogP contribution is 2.12. The number of benzene rings is 1. The number of rotatable bonds is 6. The molecule has 1 aromatic rings. The van der Waals surface area contributed by atoms with Crippen LogP contribution in [0.1, 0.15) is 54.3 Å². The Morgan fingerprint density at radius 1 is 1.08 bits per heavy atom. The van der Waals surface area contributed by atoms with Crippen LogP contribution in [0.25, 0.3) is 0 Å². The first-order valence-corrected chi connectivity index (χ1v) is 8.72. The molecule has 0 radical (unpaired) electrons. The van der Waals surface area contributed by atoms with Crippen molar-refractivity contribution in [3.05, 3.63) is 35.4 Å². The summed E-state index contributed by atoms with van der Waals surface area (Å²) in [6, 6.07) is 6.82. The van der Waals surface area contributed by atoms with Crippen molar-refractivity contribution in [1.82, 2.24) is 16.0 Å². The zero-order chi connectivity index (χ0) is 17.6. The monoisotopic (exact) mass is 331 g/mol. The maximum absolute atomic E-state index is 12.1. The van der Waals surface area contributed by atoms with Crippen LogP contribution in [0.3, 0.4) is 0 Å². The lowest BCUT2D eigenvalue weighted by atomic mass is 9.97. The third-order valence-electron chi connectivity index (χ3n) is 4.19. The minimum absolute atomic E-state index is 0.0460. The predicted molar refractivity (Wildman–Crippen MR) is 96.2 cm³/mol. The fourth-order valence-corrected chi connectivity index (χ4v) is 2.67. The van der Waals surface area contributed by atoms with Crippen molar-refractivity contribution in [2.24, 2.45) is 11.3 Å². The van der Waals surface area contributed by atoms with Gasteiger partial charge in [-0.2, -0.15) is 0 Å². The molecule has 5 heteroatoms. The summed E-state index contributed by atoms with van der Waals surface area (Å²) in [5, 5.41) is 9.19.